The van der Waals surface area contributed by atoms with E-state index < -0.39 is 6.10 Å². The molecule has 3 aromatic rings. The van der Waals surface area contributed by atoms with Crippen LogP contribution in [0, 0.1) is 5.82 Å². The van der Waals surface area contributed by atoms with E-state index in [1.807, 2.05) is 37.4 Å². The predicted octanol–water partition coefficient (Wildman–Crippen LogP) is 5.16. The summed E-state index contributed by atoms with van der Waals surface area (Å²) in [6, 6.07) is 16.1. The first kappa shape index (κ1) is 24.4. The molecule has 2 atom stereocenters. The molecule has 1 aliphatic rings. The van der Waals surface area contributed by atoms with E-state index in [4.69, 9.17) is 14.6 Å². The van der Waals surface area contributed by atoms with Gasteiger partial charge in [-0.15, -0.1) is 0 Å². The third-order valence-corrected chi connectivity index (χ3v) is 6.10. The molecule has 6 nitrogen and oxygen atoms in total. The highest BCUT2D eigenvalue weighted by Gasteiger charge is 2.26. The van der Waals surface area contributed by atoms with E-state index in [9.17, 15) is 9.50 Å². The minimum Gasteiger partial charge on any atom is -0.439 e. The van der Waals surface area contributed by atoms with Crippen molar-refractivity contribution in [1.29, 1.82) is 0 Å². The Morgan fingerprint density at radius 1 is 1.24 bits per heavy atom. The largest absolute Gasteiger partial charge is 0.439 e. The lowest BCUT2D eigenvalue weighted by atomic mass is 10.1. The first-order valence-corrected chi connectivity index (χ1v) is 12.1. The number of nitrogens with zero attached hydrogens (tertiary/aromatic N) is 3. The number of ether oxygens (including phenoxy) is 2. The maximum absolute atomic E-state index is 13.8. The molecular weight excluding hydrogens is 433 g/mol. The summed E-state index contributed by atoms with van der Waals surface area (Å²) in [6.45, 7) is 4.65. The maximum atomic E-state index is 13.8. The highest BCUT2D eigenvalue weighted by atomic mass is 19.1. The van der Waals surface area contributed by atoms with Gasteiger partial charge in [-0.2, -0.15) is 5.10 Å². The van der Waals surface area contributed by atoms with Gasteiger partial charge >= 0.3 is 0 Å². The molecule has 4 rings (SSSR count). The van der Waals surface area contributed by atoms with Crippen molar-refractivity contribution >= 4 is 0 Å². The van der Waals surface area contributed by atoms with Crippen LogP contribution >= 0.6 is 0 Å². The fourth-order valence-electron chi connectivity index (χ4n) is 4.52. The second-order valence-electron chi connectivity index (χ2n) is 8.95. The molecular formula is C27H34FN3O3. The normalized spacial score (nSPS) is 16.8. The van der Waals surface area contributed by atoms with Gasteiger partial charge in [0.1, 0.15) is 17.3 Å². The van der Waals surface area contributed by atoms with Crippen molar-refractivity contribution in [2.45, 2.75) is 51.4 Å². The van der Waals surface area contributed by atoms with Crippen LogP contribution in [0.5, 0.6) is 11.6 Å². The lowest BCUT2D eigenvalue weighted by Gasteiger charge is -2.27. The minimum absolute atomic E-state index is 0.151. The van der Waals surface area contributed by atoms with Gasteiger partial charge in [-0.1, -0.05) is 49.7 Å². The lowest BCUT2D eigenvalue weighted by molar-refractivity contribution is 0.0439. The SMILES string of the molecule is CCCC(O)CN(Cc1c(-c2ccccc2)nn(C)c1Oc1cccc(F)c1)CC1CCCO1. The van der Waals surface area contributed by atoms with E-state index in [1.54, 1.807) is 16.8 Å². The summed E-state index contributed by atoms with van der Waals surface area (Å²) in [5, 5.41) is 15.4. The first-order chi connectivity index (χ1) is 16.5. The third-order valence-electron chi connectivity index (χ3n) is 6.10. The number of aryl methyl sites for hydroxylation is 1. The smallest absolute Gasteiger partial charge is 0.222 e. The Morgan fingerprint density at radius 3 is 2.76 bits per heavy atom. The Labute approximate surface area is 200 Å². The summed E-state index contributed by atoms with van der Waals surface area (Å²) < 4.78 is 27.6. The van der Waals surface area contributed by atoms with Crippen LogP contribution in [0.4, 0.5) is 4.39 Å². The van der Waals surface area contributed by atoms with Gasteiger partial charge < -0.3 is 14.6 Å². The minimum atomic E-state index is -0.421. The van der Waals surface area contributed by atoms with E-state index in [0.717, 1.165) is 55.7 Å². The fourth-order valence-corrected chi connectivity index (χ4v) is 4.52. The molecule has 0 saturated carbocycles. The van der Waals surface area contributed by atoms with Crippen LogP contribution in [0.3, 0.4) is 0 Å². The van der Waals surface area contributed by atoms with Gasteiger partial charge in [0.15, 0.2) is 0 Å². The molecule has 1 saturated heterocycles. The van der Waals surface area contributed by atoms with Crippen LogP contribution in [0.15, 0.2) is 54.6 Å². The molecule has 1 fully saturated rings. The van der Waals surface area contributed by atoms with Gasteiger partial charge in [-0.25, -0.2) is 9.07 Å². The van der Waals surface area contributed by atoms with Crippen LogP contribution in [-0.4, -0.2) is 51.7 Å². The van der Waals surface area contributed by atoms with Crippen molar-refractivity contribution in [2.75, 3.05) is 19.7 Å². The number of benzene rings is 2. The summed E-state index contributed by atoms with van der Waals surface area (Å²) >= 11 is 0. The van der Waals surface area contributed by atoms with E-state index in [0.29, 0.717) is 24.7 Å². The van der Waals surface area contributed by atoms with Gasteiger partial charge in [-0.3, -0.25) is 4.90 Å². The van der Waals surface area contributed by atoms with Crippen molar-refractivity contribution in [1.82, 2.24) is 14.7 Å². The summed E-state index contributed by atoms with van der Waals surface area (Å²) in [5.41, 5.74) is 2.70. The quantitative estimate of drug-likeness (QED) is 0.422. The van der Waals surface area contributed by atoms with Crippen molar-refractivity contribution in [3.8, 4) is 22.9 Å². The number of aliphatic hydroxyl groups excluding tert-OH is 1. The second kappa shape index (κ2) is 11.6. The van der Waals surface area contributed by atoms with Crippen LogP contribution in [0.25, 0.3) is 11.3 Å². The van der Waals surface area contributed by atoms with Crippen molar-refractivity contribution in [3.63, 3.8) is 0 Å². The molecule has 1 N–H and O–H groups in total. The average molecular weight is 468 g/mol. The molecule has 34 heavy (non-hydrogen) atoms. The fraction of sp³-hybridized carbons (Fsp3) is 0.444. The zero-order valence-electron chi connectivity index (χ0n) is 20.0. The number of halogens is 1. The molecule has 7 heteroatoms. The Morgan fingerprint density at radius 2 is 2.06 bits per heavy atom. The molecule has 0 bridgehead atoms. The van der Waals surface area contributed by atoms with Crippen molar-refractivity contribution in [2.24, 2.45) is 7.05 Å². The highest BCUT2D eigenvalue weighted by molar-refractivity contribution is 5.65. The molecule has 0 aliphatic carbocycles. The number of hydrogen-bond donors (Lipinski definition) is 1. The zero-order chi connectivity index (χ0) is 23.9. The second-order valence-corrected chi connectivity index (χ2v) is 8.95. The summed E-state index contributed by atoms with van der Waals surface area (Å²) in [7, 11) is 1.83. The Hall–Kier alpha value is -2.74. The summed E-state index contributed by atoms with van der Waals surface area (Å²) in [5.74, 6) is 0.625. The predicted molar refractivity (Wildman–Crippen MR) is 130 cm³/mol. The summed E-state index contributed by atoms with van der Waals surface area (Å²) in [6.07, 6.45) is 3.48. The van der Waals surface area contributed by atoms with Crippen LogP contribution in [0.2, 0.25) is 0 Å². The van der Waals surface area contributed by atoms with Crippen molar-refractivity contribution < 1.29 is 19.0 Å². The average Bonchev–Trinajstić information content (AvgIpc) is 3.43. The number of rotatable bonds is 11. The molecule has 182 valence electrons. The van der Waals surface area contributed by atoms with Crippen LogP contribution < -0.4 is 4.74 Å². The lowest BCUT2D eigenvalue weighted by Crippen LogP contribution is -2.37. The first-order valence-electron chi connectivity index (χ1n) is 12.1. The van der Waals surface area contributed by atoms with Gasteiger partial charge in [0.25, 0.3) is 0 Å². The van der Waals surface area contributed by atoms with E-state index >= 15 is 0 Å². The third kappa shape index (κ3) is 6.23. The number of aromatic nitrogens is 2. The molecule has 2 unspecified atom stereocenters. The Bertz CT molecular complexity index is 1050. The van der Waals surface area contributed by atoms with Gasteiger partial charge in [0.05, 0.1) is 17.8 Å². The maximum Gasteiger partial charge on any atom is 0.222 e. The number of aliphatic hydroxyl groups is 1. The molecule has 1 aliphatic heterocycles. The standard InChI is InChI=1S/C27H34FN3O3/c1-3-9-22(32)17-31(18-24-14-8-15-33-24)19-25-26(20-10-5-4-6-11-20)29-30(2)27(25)34-23-13-7-12-21(28)16-23/h4-7,10-13,16,22,24,32H,3,8-9,14-15,17-19H2,1-2H3. The molecule has 0 amide bonds. The van der Waals surface area contributed by atoms with E-state index in [-0.39, 0.29) is 11.9 Å². The molecule has 2 heterocycles. The van der Waals surface area contributed by atoms with Gasteiger partial charge in [0, 0.05) is 44.9 Å². The molecule has 2 aromatic carbocycles. The summed E-state index contributed by atoms with van der Waals surface area (Å²) in [4.78, 5) is 2.23. The van der Waals surface area contributed by atoms with Crippen LogP contribution in [0.1, 0.15) is 38.2 Å². The Balaban J connectivity index is 1.69. The Kier molecular flexibility index (Phi) is 8.32. The van der Waals surface area contributed by atoms with E-state index in [2.05, 4.69) is 11.8 Å². The molecule has 1 aromatic heterocycles. The van der Waals surface area contributed by atoms with Gasteiger partial charge in [-0.05, 0) is 31.4 Å². The monoisotopic (exact) mass is 467 g/mol. The van der Waals surface area contributed by atoms with Crippen molar-refractivity contribution in [3.05, 3.63) is 66.0 Å². The topological polar surface area (TPSA) is 59.8 Å². The molecule has 0 radical (unpaired) electrons. The highest BCUT2D eigenvalue weighted by Crippen LogP contribution is 2.34. The van der Waals surface area contributed by atoms with Crippen LogP contribution in [-0.2, 0) is 18.3 Å². The molecule has 0 spiro atoms. The zero-order valence-corrected chi connectivity index (χ0v) is 20.0. The van der Waals surface area contributed by atoms with Gasteiger partial charge in [0.2, 0.25) is 5.88 Å². The number of hydrogen-bond acceptors (Lipinski definition) is 5. The van der Waals surface area contributed by atoms with E-state index in [1.165, 1.54) is 12.1 Å².